The molecule has 0 aliphatic carbocycles. The van der Waals surface area contributed by atoms with Gasteiger partial charge in [0.1, 0.15) is 5.75 Å². The molecule has 0 aromatic heterocycles. The first-order valence-electron chi connectivity index (χ1n) is 11.2. The van der Waals surface area contributed by atoms with Crippen molar-refractivity contribution in [3.8, 4) is 5.75 Å². The van der Waals surface area contributed by atoms with Crippen molar-refractivity contribution < 1.29 is 14.3 Å². The maximum absolute atomic E-state index is 12.1. The Kier molecular flexibility index (Phi) is 14.4. The standard InChI is InChI=1S/C23H38N2O3.ClH/c1-2-3-4-7-12-19-27-22-15-9-8-14-21(22)24-23(26)28-20-13-18-25-16-10-5-6-11-17-25;/h8-9,14-15H,2-7,10-13,16-20H2,1H3,(H,24,26);1H. The summed E-state index contributed by atoms with van der Waals surface area (Å²) < 4.78 is 11.2. The van der Waals surface area contributed by atoms with E-state index in [2.05, 4.69) is 17.1 Å². The van der Waals surface area contributed by atoms with Crippen molar-refractivity contribution in [2.24, 2.45) is 0 Å². The highest BCUT2D eigenvalue weighted by molar-refractivity contribution is 5.86. The predicted molar refractivity (Wildman–Crippen MR) is 122 cm³/mol. The van der Waals surface area contributed by atoms with Gasteiger partial charge in [0.2, 0.25) is 0 Å². The van der Waals surface area contributed by atoms with Crippen molar-refractivity contribution in [1.29, 1.82) is 0 Å². The third-order valence-electron chi connectivity index (χ3n) is 5.18. The molecule has 1 heterocycles. The number of nitrogens with one attached hydrogen (secondary N) is 1. The molecule has 2 rings (SSSR count). The molecule has 1 aromatic rings. The van der Waals surface area contributed by atoms with Gasteiger partial charge in [-0.3, -0.25) is 5.32 Å². The number of unbranched alkanes of at least 4 members (excludes halogenated alkanes) is 4. The molecule has 1 N–H and O–H groups in total. The number of benzene rings is 1. The van der Waals surface area contributed by atoms with E-state index in [1.165, 1.54) is 64.5 Å². The van der Waals surface area contributed by atoms with Crippen LogP contribution in [0, 0.1) is 0 Å². The summed E-state index contributed by atoms with van der Waals surface area (Å²) in [5, 5.41) is 2.82. The van der Waals surface area contributed by atoms with Crippen LogP contribution >= 0.6 is 12.4 Å². The van der Waals surface area contributed by atoms with E-state index in [0.717, 1.165) is 19.4 Å². The predicted octanol–water partition coefficient (Wildman–Crippen LogP) is 6.27. The molecule has 1 aromatic carbocycles. The molecule has 166 valence electrons. The van der Waals surface area contributed by atoms with Crippen LogP contribution in [0.5, 0.6) is 5.75 Å². The summed E-state index contributed by atoms with van der Waals surface area (Å²) in [6.45, 7) is 6.69. The Labute approximate surface area is 182 Å². The maximum atomic E-state index is 12.1. The van der Waals surface area contributed by atoms with E-state index in [1.807, 2.05) is 24.3 Å². The normalized spacial score (nSPS) is 14.5. The van der Waals surface area contributed by atoms with E-state index in [0.29, 0.717) is 24.7 Å². The van der Waals surface area contributed by atoms with Gasteiger partial charge in [0.15, 0.2) is 0 Å². The van der Waals surface area contributed by atoms with E-state index in [1.54, 1.807) is 0 Å². The Morgan fingerprint density at radius 3 is 2.45 bits per heavy atom. The summed E-state index contributed by atoms with van der Waals surface area (Å²) >= 11 is 0. The van der Waals surface area contributed by atoms with E-state index in [4.69, 9.17) is 9.47 Å². The number of likely N-dealkylation sites (tertiary alicyclic amines) is 1. The van der Waals surface area contributed by atoms with Gasteiger partial charge >= 0.3 is 6.09 Å². The summed E-state index contributed by atoms with van der Waals surface area (Å²) in [5.41, 5.74) is 0.675. The van der Waals surface area contributed by atoms with Crippen molar-refractivity contribution in [3.63, 3.8) is 0 Å². The minimum absolute atomic E-state index is 0. The summed E-state index contributed by atoms with van der Waals surface area (Å²) in [4.78, 5) is 14.6. The average molecular weight is 427 g/mol. The first-order valence-corrected chi connectivity index (χ1v) is 11.2. The van der Waals surface area contributed by atoms with E-state index >= 15 is 0 Å². The molecule has 1 aliphatic rings. The van der Waals surface area contributed by atoms with Gasteiger partial charge in [-0.15, -0.1) is 12.4 Å². The Morgan fingerprint density at radius 1 is 0.966 bits per heavy atom. The van der Waals surface area contributed by atoms with Gasteiger partial charge < -0.3 is 14.4 Å². The second-order valence-corrected chi connectivity index (χ2v) is 7.63. The fourth-order valence-corrected chi connectivity index (χ4v) is 3.54. The molecule has 5 nitrogen and oxygen atoms in total. The van der Waals surface area contributed by atoms with Crippen LogP contribution in [0.2, 0.25) is 0 Å². The molecule has 1 fully saturated rings. The number of anilines is 1. The Bertz CT molecular complexity index is 549. The Hall–Kier alpha value is -1.46. The van der Waals surface area contributed by atoms with Crippen molar-refractivity contribution in [1.82, 2.24) is 4.90 Å². The SMILES string of the molecule is CCCCCCCOc1ccccc1NC(=O)OCCCN1CCCCCC1.Cl. The van der Waals surface area contributed by atoms with Crippen molar-refractivity contribution in [2.75, 3.05) is 38.2 Å². The first kappa shape index (κ1) is 25.6. The molecule has 1 saturated heterocycles. The number of nitrogens with zero attached hydrogens (tertiary/aromatic N) is 1. The lowest BCUT2D eigenvalue weighted by molar-refractivity contribution is 0.152. The molecule has 0 bridgehead atoms. The summed E-state index contributed by atoms with van der Waals surface area (Å²) in [7, 11) is 0. The lowest BCUT2D eigenvalue weighted by Gasteiger charge is -2.19. The number of rotatable bonds is 12. The molecule has 6 heteroatoms. The average Bonchev–Trinajstić information content (AvgIpc) is 2.98. The highest BCUT2D eigenvalue weighted by atomic mass is 35.5. The molecule has 0 spiro atoms. The number of amides is 1. The van der Waals surface area contributed by atoms with Crippen LogP contribution in [0.25, 0.3) is 0 Å². The number of ether oxygens (including phenoxy) is 2. The molecule has 29 heavy (non-hydrogen) atoms. The zero-order chi connectivity index (χ0) is 19.9. The van der Waals surface area contributed by atoms with Crippen molar-refractivity contribution in [3.05, 3.63) is 24.3 Å². The van der Waals surface area contributed by atoms with E-state index < -0.39 is 6.09 Å². The third-order valence-corrected chi connectivity index (χ3v) is 5.18. The molecular formula is C23H39ClN2O3. The van der Waals surface area contributed by atoms with Crippen LogP contribution in [-0.4, -0.2) is 43.8 Å². The largest absolute Gasteiger partial charge is 0.491 e. The molecule has 0 unspecified atom stereocenters. The number of para-hydroxylation sites is 2. The zero-order valence-electron chi connectivity index (χ0n) is 18.0. The fraction of sp³-hybridized carbons (Fsp3) is 0.696. The molecular weight excluding hydrogens is 388 g/mol. The number of halogens is 1. The number of hydrogen-bond donors (Lipinski definition) is 1. The van der Waals surface area contributed by atoms with Crippen molar-refractivity contribution >= 4 is 24.2 Å². The highest BCUT2D eigenvalue weighted by Crippen LogP contribution is 2.24. The van der Waals surface area contributed by atoms with Crippen LogP contribution in [-0.2, 0) is 4.74 Å². The van der Waals surface area contributed by atoms with Crippen LogP contribution in [0.15, 0.2) is 24.3 Å². The molecule has 0 saturated carbocycles. The topological polar surface area (TPSA) is 50.8 Å². The second-order valence-electron chi connectivity index (χ2n) is 7.63. The minimum atomic E-state index is -0.408. The highest BCUT2D eigenvalue weighted by Gasteiger charge is 2.10. The van der Waals surface area contributed by atoms with Gasteiger partial charge in [-0.1, -0.05) is 57.6 Å². The van der Waals surface area contributed by atoms with Gasteiger partial charge in [0, 0.05) is 6.54 Å². The summed E-state index contributed by atoms with van der Waals surface area (Å²) in [6, 6.07) is 7.55. The van der Waals surface area contributed by atoms with Crippen LogP contribution < -0.4 is 10.1 Å². The Morgan fingerprint density at radius 2 is 1.69 bits per heavy atom. The molecule has 0 radical (unpaired) electrons. The summed E-state index contributed by atoms with van der Waals surface area (Å²) in [5.74, 6) is 0.708. The number of carbonyl (C=O) groups is 1. The van der Waals surface area contributed by atoms with Crippen LogP contribution in [0.1, 0.15) is 71.1 Å². The maximum Gasteiger partial charge on any atom is 0.411 e. The summed E-state index contributed by atoms with van der Waals surface area (Å²) in [6.07, 6.45) is 11.7. The van der Waals surface area contributed by atoms with Gasteiger partial charge in [0.05, 0.1) is 18.9 Å². The van der Waals surface area contributed by atoms with E-state index in [-0.39, 0.29) is 12.4 Å². The van der Waals surface area contributed by atoms with Gasteiger partial charge in [-0.05, 0) is 50.9 Å². The van der Waals surface area contributed by atoms with Gasteiger partial charge in [-0.25, -0.2) is 4.79 Å². The van der Waals surface area contributed by atoms with E-state index in [9.17, 15) is 4.79 Å². The quantitative estimate of drug-likeness (QED) is 0.400. The first-order chi connectivity index (χ1) is 13.8. The van der Waals surface area contributed by atoms with Crippen LogP contribution in [0.4, 0.5) is 10.5 Å². The van der Waals surface area contributed by atoms with Crippen LogP contribution in [0.3, 0.4) is 0 Å². The molecule has 0 atom stereocenters. The molecule has 1 amide bonds. The minimum Gasteiger partial charge on any atom is -0.491 e. The second kappa shape index (κ2) is 16.3. The van der Waals surface area contributed by atoms with Crippen molar-refractivity contribution in [2.45, 2.75) is 71.1 Å². The number of carbonyl (C=O) groups excluding carboxylic acids is 1. The zero-order valence-corrected chi connectivity index (χ0v) is 18.8. The fourth-order valence-electron chi connectivity index (χ4n) is 3.54. The van der Waals surface area contributed by atoms with Gasteiger partial charge in [0.25, 0.3) is 0 Å². The smallest absolute Gasteiger partial charge is 0.411 e. The lowest BCUT2D eigenvalue weighted by Crippen LogP contribution is -2.27. The third kappa shape index (κ3) is 11.3. The lowest BCUT2D eigenvalue weighted by atomic mass is 10.2. The monoisotopic (exact) mass is 426 g/mol. The van der Waals surface area contributed by atoms with Gasteiger partial charge in [-0.2, -0.15) is 0 Å². The number of hydrogen-bond acceptors (Lipinski definition) is 4. The Balaban J connectivity index is 0.00000420. The molecule has 1 aliphatic heterocycles.